The van der Waals surface area contributed by atoms with Crippen molar-refractivity contribution in [3.8, 4) is 0 Å². The molecule has 1 saturated carbocycles. The maximum absolute atomic E-state index is 11.1. The van der Waals surface area contributed by atoms with Crippen LogP contribution in [0.5, 0.6) is 0 Å². The van der Waals surface area contributed by atoms with E-state index in [-0.39, 0.29) is 22.9 Å². The maximum Gasteiger partial charge on any atom is 0.0945 e. The summed E-state index contributed by atoms with van der Waals surface area (Å²) in [4.78, 5) is 0. The van der Waals surface area contributed by atoms with Gasteiger partial charge in [0.1, 0.15) is 0 Å². The van der Waals surface area contributed by atoms with Crippen LogP contribution in [0.1, 0.15) is 66.7 Å². The van der Waals surface area contributed by atoms with Crippen molar-refractivity contribution in [3.63, 3.8) is 0 Å². The first-order chi connectivity index (χ1) is 10.6. The summed E-state index contributed by atoms with van der Waals surface area (Å²) in [5, 5.41) is 21.8. The van der Waals surface area contributed by atoms with E-state index in [9.17, 15) is 10.2 Å². The highest BCUT2D eigenvalue weighted by molar-refractivity contribution is 5.14. The molecule has 1 heterocycles. The summed E-state index contributed by atoms with van der Waals surface area (Å²) in [5.41, 5.74) is -0.964. The molecule has 7 atom stereocenters. The molecule has 3 aliphatic rings. The van der Waals surface area contributed by atoms with Crippen molar-refractivity contribution in [3.05, 3.63) is 12.2 Å². The molecule has 3 rings (SSSR count). The van der Waals surface area contributed by atoms with Gasteiger partial charge in [-0.25, -0.2) is 0 Å². The Morgan fingerprint density at radius 3 is 2.52 bits per heavy atom. The molecular formula is C20H34O3. The molecule has 1 saturated heterocycles. The Morgan fingerprint density at radius 1 is 1.17 bits per heavy atom. The number of aliphatic hydroxyl groups is 2. The molecule has 3 nitrogen and oxygen atoms in total. The van der Waals surface area contributed by atoms with Gasteiger partial charge in [-0.1, -0.05) is 26.0 Å². The lowest BCUT2D eigenvalue weighted by Gasteiger charge is -2.40. The summed E-state index contributed by atoms with van der Waals surface area (Å²) in [6.07, 6.45) is 9.45. The fourth-order valence-electron chi connectivity index (χ4n) is 5.24. The van der Waals surface area contributed by atoms with Gasteiger partial charge in [0.25, 0.3) is 0 Å². The first kappa shape index (κ1) is 17.4. The molecular weight excluding hydrogens is 288 g/mol. The Morgan fingerprint density at radius 2 is 1.87 bits per heavy atom. The fraction of sp³-hybridized carbons (Fsp3) is 0.900. The summed E-state index contributed by atoms with van der Waals surface area (Å²) >= 11 is 0. The van der Waals surface area contributed by atoms with E-state index in [1.54, 1.807) is 0 Å². The molecule has 0 bridgehead atoms. The van der Waals surface area contributed by atoms with Gasteiger partial charge < -0.3 is 14.9 Å². The summed E-state index contributed by atoms with van der Waals surface area (Å²) in [6.45, 7) is 10.5. The Hall–Kier alpha value is -0.380. The van der Waals surface area contributed by atoms with E-state index in [0.29, 0.717) is 18.4 Å². The molecule has 0 radical (unpaired) electrons. The Balaban J connectivity index is 1.94. The van der Waals surface area contributed by atoms with Gasteiger partial charge in [0.15, 0.2) is 0 Å². The molecule has 0 aromatic rings. The van der Waals surface area contributed by atoms with Crippen LogP contribution in [0.4, 0.5) is 0 Å². The highest BCUT2D eigenvalue weighted by Crippen LogP contribution is 2.56. The number of hydrogen-bond donors (Lipinski definition) is 2. The average Bonchev–Trinajstić information content (AvgIpc) is 2.89. The summed E-state index contributed by atoms with van der Waals surface area (Å²) in [7, 11) is 0. The van der Waals surface area contributed by atoms with Gasteiger partial charge in [-0.05, 0) is 69.6 Å². The zero-order valence-electron chi connectivity index (χ0n) is 15.4. The largest absolute Gasteiger partial charge is 0.393 e. The summed E-state index contributed by atoms with van der Waals surface area (Å²) < 4.78 is 5.95. The second-order valence-electron chi connectivity index (χ2n) is 9.43. The highest BCUT2D eigenvalue weighted by atomic mass is 16.6. The van der Waals surface area contributed by atoms with E-state index in [1.165, 1.54) is 0 Å². The number of epoxide rings is 1. The average molecular weight is 322 g/mol. The highest BCUT2D eigenvalue weighted by Gasteiger charge is 2.57. The van der Waals surface area contributed by atoms with Crippen LogP contribution in [0.2, 0.25) is 0 Å². The van der Waals surface area contributed by atoms with E-state index in [0.717, 1.165) is 25.7 Å². The summed E-state index contributed by atoms with van der Waals surface area (Å²) in [5.74, 6) is 0.757. The van der Waals surface area contributed by atoms with Crippen molar-refractivity contribution < 1.29 is 14.9 Å². The van der Waals surface area contributed by atoms with Gasteiger partial charge >= 0.3 is 0 Å². The molecule has 0 aromatic heterocycles. The van der Waals surface area contributed by atoms with Gasteiger partial charge in [-0.3, -0.25) is 0 Å². The molecule has 1 aliphatic heterocycles. The number of allylic oxidation sites excluding steroid dienone is 2. The number of ether oxygens (including phenoxy) is 1. The van der Waals surface area contributed by atoms with Gasteiger partial charge in [0, 0.05) is 6.42 Å². The number of rotatable bonds is 1. The lowest BCUT2D eigenvalue weighted by molar-refractivity contribution is -0.0580. The van der Waals surface area contributed by atoms with Crippen LogP contribution in [0, 0.1) is 23.2 Å². The second kappa shape index (κ2) is 5.57. The van der Waals surface area contributed by atoms with Crippen molar-refractivity contribution in [2.75, 3.05) is 0 Å². The van der Waals surface area contributed by atoms with Crippen molar-refractivity contribution in [2.45, 2.75) is 90.1 Å². The van der Waals surface area contributed by atoms with Gasteiger partial charge in [0.05, 0.1) is 23.4 Å². The molecule has 0 spiro atoms. The van der Waals surface area contributed by atoms with Gasteiger partial charge in [-0.2, -0.15) is 0 Å². The Kier molecular flexibility index (Phi) is 4.23. The van der Waals surface area contributed by atoms with Crippen LogP contribution in [-0.2, 0) is 4.74 Å². The molecule has 0 aromatic carbocycles. The van der Waals surface area contributed by atoms with Crippen LogP contribution in [0.25, 0.3) is 0 Å². The third kappa shape index (κ3) is 3.25. The summed E-state index contributed by atoms with van der Waals surface area (Å²) in [6, 6.07) is 0. The third-order valence-corrected chi connectivity index (χ3v) is 6.85. The van der Waals surface area contributed by atoms with E-state index in [4.69, 9.17) is 4.74 Å². The fourth-order valence-corrected chi connectivity index (χ4v) is 5.24. The lowest BCUT2D eigenvalue weighted by atomic mass is 9.68. The quantitative estimate of drug-likeness (QED) is 0.572. The molecule has 0 unspecified atom stereocenters. The van der Waals surface area contributed by atoms with E-state index in [1.807, 2.05) is 13.8 Å². The predicted molar refractivity (Wildman–Crippen MR) is 92.1 cm³/mol. The Labute approximate surface area is 141 Å². The standard InChI is InChI=1S/C20H34O3/c1-13-6-7-16-20(5,23-16)12-15(21)17-14(18(2,3)22)9-11-19(17,4)10-8-13/h8,10,13-17,21-22H,6-7,9,11-12H2,1-5H3/b10-8+/t13-,14-,15+,16-,17-,19+,20-/m0/s1. The third-order valence-electron chi connectivity index (χ3n) is 6.85. The molecule has 3 heteroatoms. The van der Waals surface area contributed by atoms with Crippen LogP contribution < -0.4 is 0 Å². The molecule has 132 valence electrons. The lowest BCUT2D eigenvalue weighted by Crippen LogP contribution is -2.44. The SMILES string of the molecule is C[C@@H]1/C=C/[C@]2(C)CC[C@H](C(C)(C)O)[C@H]2[C@H](O)C[C@]2(C)O[C@H]2CC1. The van der Waals surface area contributed by atoms with Crippen LogP contribution >= 0.6 is 0 Å². The number of hydrogen-bond acceptors (Lipinski definition) is 3. The predicted octanol–water partition coefficient (Wildman–Crippen LogP) is 3.68. The molecule has 2 fully saturated rings. The van der Waals surface area contributed by atoms with E-state index in [2.05, 4.69) is 32.9 Å². The van der Waals surface area contributed by atoms with Crippen LogP contribution in [-0.4, -0.2) is 33.6 Å². The van der Waals surface area contributed by atoms with Crippen molar-refractivity contribution >= 4 is 0 Å². The zero-order valence-corrected chi connectivity index (χ0v) is 15.4. The van der Waals surface area contributed by atoms with Gasteiger partial charge in [-0.15, -0.1) is 0 Å². The smallest absolute Gasteiger partial charge is 0.0945 e. The molecule has 23 heavy (non-hydrogen) atoms. The van der Waals surface area contributed by atoms with Crippen molar-refractivity contribution in [2.24, 2.45) is 23.2 Å². The first-order valence-corrected chi connectivity index (χ1v) is 9.33. The number of aliphatic hydroxyl groups excluding tert-OH is 1. The Bertz CT molecular complexity index is 480. The first-order valence-electron chi connectivity index (χ1n) is 9.33. The van der Waals surface area contributed by atoms with E-state index >= 15 is 0 Å². The maximum atomic E-state index is 11.1. The minimum Gasteiger partial charge on any atom is -0.393 e. The monoisotopic (exact) mass is 322 g/mol. The molecule has 2 aliphatic carbocycles. The number of fused-ring (bicyclic) bond motifs is 2. The van der Waals surface area contributed by atoms with Crippen LogP contribution in [0.15, 0.2) is 12.2 Å². The van der Waals surface area contributed by atoms with Crippen molar-refractivity contribution in [1.29, 1.82) is 0 Å². The minimum absolute atomic E-state index is 0.0383. The topological polar surface area (TPSA) is 53.0 Å². The van der Waals surface area contributed by atoms with Gasteiger partial charge in [0.2, 0.25) is 0 Å². The van der Waals surface area contributed by atoms with Crippen molar-refractivity contribution in [1.82, 2.24) is 0 Å². The normalized spacial score (nSPS) is 52.2. The van der Waals surface area contributed by atoms with E-state index < -0.39 is 11.7 Å². The molecule has 2 N–H and O–H groups in total. The van der Waals surface area contributed by atoms with Crippen LogP contribution in [0.3, 0.4) is 0 Å². The molecule has 0 amide bonds. The minimum atomic E-state index is -0.756. The second-order valence-corrected chi connectivity index (χ2v) is 9.43. The zero-order chi connectivity index (χ0) is 17.0.